The largest absolute Gasteiger partial charge is 0.507 e. The number of phenols is 1. The maximum Gasteiger partial charge on any atom is 0.255 e. The Morgan fingerprint density at radius 1 is 1.41 bits per heavy atom. The molecule has 0 bridgehead atoms. The third-order valence-corrected chi connectivity index (χ3v) is 3.68. The van der Waals surface area contributed by atoms with Gasteiger partial charge in [-0.2, -0.15) is 0 Å². The number of hydrogen-bond acceptors (Lipinski definition) is 4. The van der Waals surface area contributed by atoms with Crippen molar-refractivity contribution in [3.63, 3.8) is 0 Å². The van der Waals surface area contributed by atoms with Gasteiger partial charge in [0.25, 0.3) is 5.91 Å². The second-order valence-corrected chi connectivity index (χ2v) is 5.51. The lowest BCUT2D eigenvalue weighted by molar-refractivity contribution is 0.0926. The van der Waals surface area contributed by atoms with Gasteiger partial charge in [0.2, 0.25) is 0 Å². The molecule has 0 radical (unpaired) electrons. The lowest BCUT2D eigenvalue weighted by Crippen LogP contribution is -2.31. The molecule has 2 N–H and O–H groups in total. The minimum atomic E-state index is -0.588. The number of hydrogen-bond donors (Lipinski definition) is 2. The summed E-state index contributed by atoms with van der Waals surface area (Å²) in [6, 6.07) is 4.83. The molecule has 1 amide bonds. The topological polar surface area (TPSA) is 75.1 Å². The molecule has 1 atom stereocenters. The van der Waals surface area contributed by atoms with Crippen molar-refractivity contribution in [3.8, 4) is 5.75 Å². The van der Waals surface area contributed by atoms with Gasteiger partial charge >= 0.3 is 0 Å². The van der Waals surface area contributed by atoms with Gasteiger partial charge in [-0.05, 0) is 43.9 Å². The monoisotopic (exact) mass is 301 g/mol. The zero-order chi connectivity index (χ0) is 15.7. The molecule has 1 saturated carbocycles. The van der Waals surface area contributed by atoms with Crippen molar-refractivity contribution in [3.05, 3.63) is 53.4 Å². The maximum atomic E-state index is 13.0. The molecule has 1 aliphatic carbocycles. The molecular weight excluding hydrogens is 285 g/mol. The highest BCUT2D eigenvalue weighted by Crippen LogP contribution is 2.40. The molecule has 114 valence electrons. The van der Waals surface area contributed by atoms with Crippen LogP contribution in [0.3, 0.4) is 0 Å². The van der Waals surface area contributed by atoms with E-state index in [9.17, 15) is 14.3 Å². The van der Waals surface area contributed by atoms with Gasteiger partial charge in [0.15, 0.2) is 5.82 Å². The van der Waals surface area contributed by atoms with Crippen molar-refractivity contribution >= 4 is 5.91 Å². The molecule has 0 spiro atoms. The van der Waals surface area contributed by atoms with Crippen LogP contribution < -0.4 is 5.32 Å². The first-order chi connectivity index (χ1) is 10.5. The molecule has 1 heterocycles. The van der Waals surface area contributed by atoms with E-state index < -0.39 is 11.7 Å². The van der Waals surface area contributed by atoms with Crippen molar-refractivity contribution < 1.29 is 14.3 Å². The number of aromatic nitrogens is 2. The van der Waals surface area contributed by atoms with E-state index >= 15 is 0 Å². The number of aryl methyl sites for hydroxylation is 1. The molecule has 5 nitrogen and oxygen atoms in total. The van der Waals surface area contributed by atoms with Crippen LogP contribution in [0.2, 0.25) is 0 Å². The van der Waals surface area contributed by atoms with Crippen LogP contribution in [0.4, 0.5) is 4.39 Å². The molecule has 1 aromatic heterocycles. The Morgan fingerprint density at radius 2 is 2.18 bits per heavy atom. The second kappa shape index (κ2) is 5.71. The average Bonchev–Trinajstić information content (AvgIpc) is 3.29. The Hall–Kier alpha value is -2.50. The number of phenolic OH excluding ortho intramolecular Hbond substituents is 1. The number of nitrogens with zero attached hydrogens (tertiary/aromatic N) is 2. The van der Waals surface area contributed by atoms with Gasteiger partial charge in [-0.1, -0.05) is 0 Å². The summed E-state index contributed by atoms with van der Waals surface area (Å²) in [4.78, 5) is 20.9. The second-order valence-electron chi connectivity index (χ2n) is 5.51. The maximum absolute atomic E-state index is 13.0. The summed E-state index contributed by atoms with van der Waals surface area (Å²) in [6.07, 6.45) is 3.66. The summed E-state index contributed by atoms with van der Waals surface area (Å²) in [6.45, 7) is 1.86. The van der Waals surface area contributed by atoms with E-state index in [1.165, 1.54) is 6.07 Å². The molecule has 1 aliphatic rings. The van der Waals surface area contributed by atoms with E-state index in [4.69, 9.17) is 0 Å². The van der Waals surface area contributed by atoms with Crippen LogP contribution in [0.15, 0.2) is 30.5 Å². The van der Waals surface area contributed by atoms with Gasteiger partial charge < -0.3 is 10.4 Å². The summed E-state index contributed by atoms with van der Waals surface area (Å²) in [5.74, 6) is -0.558. The summed E-state index contributed by atoms with van der Waals surface area (Å²) in [5.41, 5.74) is 0.870. The van der Waals surface area contributed by atoms with Crippen molar-refractivity contribution in [2.75, 3.05) is 0 Å². The predicted octanol–water partition coefficient (Wildman–Crippen LogP) is 2.51. The Labute approximate surface area is 127 Å². The highest BCUT2D eigenvalue weighted by molar-refractivity contribution is 5.97. The van der Waals surface area contributed by atoms with Gasteiger partial charge in [-0.3, -0.25) is 4.79 Å². The lowest BCUT2D eigenvalue weighted by atomic mass is 10.1. The third kappa shape index (κ3) is 3.05. The fourth-order valence-electron chi connectivity index (χ4n) is 2.36. The molecule has 3 rings (SSSR count). The summed E-state index contributed by atoms with van der Waals surface area (Å²) >= 11 is 0. The number of halogens is 1. The summed E-state index contributed by atoms with van der Waals surface area (Å²) in [7, 11) is 0. The highest BCUT2D eigenvalue weighted by Gasteiger charge is 2.35. The molecule has 2 aromatic rings. The molecule has 0 unspecified atom stereocenters. The van der Waals surface area contributed by atoms with Gasteiger partial charge in [0.1, 0.15) is 11.6 Å². The SMILES string of the molecule is Cc1ccnc([C@@H](NC(=O)c2ccc(F)cc2O)C2CC2)n1. The van der Waals surface area contributed by atoms with Crippen molar-refractivity contribution in [2.45, 2.75) is 25.8 Å². The van der Waals surface area contributed by atoms with E-state index in [0.717, 1.165) is 30.7 Å². The van der Waals surface area contributed by atoms with Gasteiger partial charge in [0, 0.05) is 18.0 Å². The van der Waals surface area contributed by atoms with Crippen LogP contribution in [0, 0.1) is 18.7 Å². The van der Waals surface area contributed by atoms with E-state index in [-0.39, 0.29) is 17.4 Å². The number of nitrogens with one attached hydrogen (secondary N) is 1. The van der Waals surface area contributed by atoms with Crippen LogP contribution in [-0.4, -0.2) is 21.0 Å². The first-order valence-electron chi connectivity index (χ1n) is 7.13. The van der Waals surface area contributed by atoms with Gasteiger partial charge in [-0.15, -0.1) is 0 Å². The first-order valence-corrected chi connectivity index (χ1v) is 7.13. The lowest BCUT2D eigenvalue weighted by Gasteiger charge is -2.17. The number of aromatic hydroxyl groups is 1. The van der Waals surface area contributed by atoms with E-state index in [2.05, 4.69) is 15.3 Å². The molecule has 1 fully saturated rings. The zero-order valence-electron chi connectivity index (χ0n) is 12.1. The number of carbonyl (C=O) groups is 1. The molecule has 0 aliphatic heterocycles. The van der Waals surface area contributed by atoms with Crippen molar-refractivity contribution in [1.82, 2.24) is 15.3 Å². The first kappa shape index (κ1) is 14.4. The summed E-state index contributed by atoms with van der Waals surface area (Å²) < 4.78 is 13.0. The van der Waals surface area contributed by atoms with Crippen LogP contribution >= 0.6 is 0 Å². The highest BCUT2D eigenvalue weighted by atomic mass is 19.1. The quantitative estimate of drug-likeness (QED) is 0.910. The molecule has 0 saturated heterocycles. The Kier molecular flexibility index (Phi) is 3.75. The number of rotatable bonds is 4. The zero-order valence-corrected chi connectivity index (χ0v) is 12.1. The minimum absolute atomic E-state index is 0.0414. The molecule has 22 heavy (non-hydrogen) atoms. The van der Waals surface area contributed by atoms with Crippen molar-refractivity contribution in [1.29, 1.82) is 0 Å². The predicted molar refractivity (Wildman–Crippen MR) is 77.8 cm³/mol. The van der Waals surface area contributed by atoms with E-state index in [0.29, 0.717) is 11.7 Å². The van der Waals surface area contributed by atoms with E-state index in [1.807, 2.05) is 6.92 Å². The normalized spacial score (nSPS) is 15.4. The Balaban J connectivity index is 1.83. The minimum Gasteiger partial charge on any atom is -0.507 e. The van der Waals surface area contributed by atoms with Crippen LogP contribution in [0.5, 0.6) is 5.75 Å². The third-order valence-electron chi connectivity index (χ3n) is 3.68. The Bertz CT molecular complexity index is 716. The number of carbonyl (C=O) groups excluding carboxylic acids is 1. The van der Waals surface area contributed by atoms with Crippen LogP contribution in [-0.2, 0) is 0 Å². The molecular formula is C16H16FN3O2. The smallest absolute Gasteiger partial charge is 0.255 e. The van der Waals surface area contributed by atoms with Crippen LogP contribution in [0.1, 0.15) is 40.8 Å². The molecule has 6 heteroatoms. The molecule has 1 aromatic carbocycles. The fraction of sp³-hybridized carbons (Fsp3) is 0.312. The fourth-order valence-corrected chi connectivity index (χ4v) is 2.36. The standard InChI is InChI=1S/C16H16FN3O2/c1-9-6-7-18-15(19-9)14(10-2-3-10)20-16(22)12-5-4-11(17)8-13(12)21/h4-8,10,14,21H,2-3H2,1H3,(H,20,22)/t14-/m0/s1. The Morgan fingerprint density at radius 3 is 2.82 bits per heavy atom. The van der Waals surface area contributed by atoms with E-state index in [1.54, 1.807) is 12.3 Å². The van der Waals surface area contributed by atoms with Crippen molar-refractivity contribution in [2.24, 2.45) is 5.92 Å². The van der Waals surface area contributed by atoms with Crippen LogP contribution in [0.25, 0.3) is 0 Å². The summed E-state index contributed by atoms with van der Waals surface area (Å²) in [5, 5.41) is 12.6. The number of benzene rings is 1. The number of amides is 1. The van der Waals surface area contributed by atoms with Gasteiger partial charge in [-0.25, -0.2) is 14.4 Å². The van der Waals surface area contributed by atoms with Gasteiger partial charge in [0.05, 0.1) is 11.6 Å². The average molecular weight is 301 g/mol.